The lowest BCUT2D eigenvalue weighted by molar-refractivity contribution is -0.228. The average molecular weight is 521 g/mol. The summed E-state index contributed by atoms with van der Waals surface area (Å²) in [5.74, 6) is 0.920. The van der Waals surface area contributed by atoms with Crippen molar-refractivity contribution < 1.29 is 27.8 Å². The Bertz CT molecular complexity index is 995. The number of fused-ring (bicyclic) bond motifs is 5. The highest BCUT2D eigenvalue weighted by molar-refractivity contribution is 5.89. The van der Waals surface area contributed by atoms with Gasteiger partial charge in [0.2, 0.25) is 0 Å². The largest absolute Gasteiger partial charge is 0.456 e. The Kier molecular flexibility index (Phi) is 6.77. The van der Waals surface area contributed by atoms with Crippen LogP contribution < -0.4 is 0 Å². The average Bonchev–Trinajstić information content (AvgIpc) is 3.20. The summed E-state index contributed by atoms with van der Waals surface area (Å²) in [5.41, 5.74) is 0.171. The number of hydrogen-bond acceptors (Lipinski definition) is 3. The number of carbonyl (C=O) groups is 1. The molecule has 0 amide bonds. The molecule has 6 heteroatoms. The minimum Gasteiger partial charge on any atom is -0.456 e. The molecule has 0 aliphatic heterocycles. The van der Waals surface area contributed by atoms with Gasteiger partial charge in [-0.25, -0.2) is 4.79 Å². The highest BCUT2D eigenvalue weighted by atomic mass is 19.4. The van der Waals surface area contributed by atoms with Crippen molar-refractivity contribution in [2.24, 2.45) is 46.3 Å². The van der Waals surface area contributed by atoms with Crippen molar-refractivity contribution in [2.75, 3.05) is 0 Å². The molecule has 0 aromatic heterocycles. The summed E-state index contributed by atoms with van der Waals surface area (Å²) >= 11 is 0. The lowest BCUT2D eigenvalue weighted by atomic mass is 9.43. The lowest BCUT2D eigenvalue weighted by Crippen LogP contribution is -2.56. The van der Waals surface area contributed by atoms with Crippen molar-refractivity contribution in [3.63, 3.8) is 0 Å². The van der Waals surface area contributed by atoms with E-state index in [-0.39, 0.29) is 22.7 Å². The Balaban J connectivity index is 1.30. The van der Waals surface area contributed by atoms with Crippen LogP contribution in [-0.4, -0.2) is 29.0 Å². The second kappa shape index (κ2) is 9.27. The van der Waals surface area contributed by atoms with E-state index in [4.69, 9.17) is 4.74 Å². The molecule has 3 nitrogen and oxygen atoms in total. The van der Waals surface area contributed by atoms with Gasteiger partial charge in [-0.1, -0.05) is 39.0 Å². The van der Waals surface area contributed by atoms with Crippen LogP contribution in [0.3, 0.4) is 0 Å². The zero-order valence-electron chi connectivity index (χ0n) is 22.7. The fraction of sp³-hybridized carbons (Fsp3) is 0.774. The zero-order valence-corrected chi connectivity index (χ0v) is 22.7. The standard InChI is InChI=1S/C31H43F3O3/c1-19(26(35)31(32,33)34)23-12-13-24-22-11-10-21-18-28(2,37-27(36)20-8-6-5-7-9-20)16-17-29(21,3)25(22)14-15-30(23,24)4/h5-9,19,21-26,35H,10-18H2,1-4H3/t19-,21+,22?,23+,24-,25-,26-,28-,29-,30+/m0/s1. The molecular formula is C31H43F3O3. The summed E-state index contributed by atoms with van der Waals surface area (Å²) in [6.45, 7) is 8.37. The van der Waals surface area contributed by atoms with Gasteiger partial charge in [0.1, 0.15) is 5.60 Å². The van der Waals surface area contributed by atoms with Crippen LogP contribution in [-0.2, 0) is 4.74 Å². The second-order valence-corrected chi connectivity index (χ2v) is 13.6. The highest BCUT2D eigenvalue weighted by Crippen LogP contribution is 2.69. The van der Waals surface area contributed by atoms with Crippen LogP contribution in [0.1, 0.15) is 95.8 Å². The van der Waals surface area contributed by atoms with Crippen LogP contribution in [0.5, 0.6) is 0 Å². The van der Waals surface area contributed by atoms with E-state index in [2.05, 4.69) is 20.8 Å². The summed E-state index contributed by atoms with van der Waals surface area (Å²) in [7, 11) is 0. The number of aliphatic hydroxyl groups is 1. The first kappa shape index (κ1) is 27.0. The molecular weight excluding hydrogens is 477 g/mol. The van der Waals surface area contributed by atoms with E-state index in [1.54, 1.807) is 19.1 Å². The third-order valence-electron chi connectivity index (χ3n) is 11.8. The number of rotatable bonds is 4. The fourth-order valence-electron chi connectivity index (χ4n) is 9.79. The Morgan fingerprint density at radius 1 is 0.946 bits per heavy atom. The van der Waals surface area contributed by atoms with E-state index in [1.807, 2.05) is 18.2 Å². The van der Waals surface area contributed by atoms with E-state index in [1.165, 1.54) is 0 Å². The van der Waals surface area contributed by atoms with Gasteiger partial charge in [0.15, 0.2) is 6.10 Å². The van der Waals surface area contributed by atoms with E-state index < -0.39 is 23.8 Å². The van der Waals surface area contributed by atoms with Gasteiger partial charge in [0.05, 0.1) is 5.56 Å². The van der Waals surface area contributed by atoms with Crippen LogP contribution in [0.4, 0.5) is 13.2 Å². The van der Waals surface area contributed by atoms with Crippen molar-refractivity contribution in [3.8, 4) is 0 Å². The fourth-order valence-corrected chi connectivity index (χ4v) is 9.79. The number of halogens is 3. The Morgan fingerprint density at radius 2 is 1.62 bits per heavy atom. The van der Waals surface area contributed by atoms with Crippen molar-refractivity contribution in [2.45, 2.75) is 103 Å². The van der Waals surface area contributed by atoms with Gasteiger partial charge < -0.3 is 9.84 Å². The molecule has 1 aromatic carbocycles. The van der Waals surface area contributed by atoms with E-state index in [9.17, 15) is 23.1 Å². The summed E-state index contributed by atoms with van der Waals surface area (Å²) < 4.78 is 46.2. The van der Waals surface area contributed by atoms with Crippen molar-refractivity contribution in [1.82, 2.24) is 0 Å². The number of alkyl halides is 3. The van der Waals surface area contributed by atoms with Gasteiger partial charge in [0, 0.05) is 0 Å². The SMILES string of the molecule is C[C@@H]([C@H]1CC[C@H]2C3CC[C@@H]4C[C@@](C)(OC(=O)c5ccccc5)CC[C@]4(C)[C@H]3CC[C@]12C)[C@H](O)C(F)(F)F. The van der Waals surface area contributed by atoms with Crippen molar-refractivity contribution in [1.29, 1.82) is 0 Å². The molecule has 10 atom stereocenters. The smallest absolute Gasteiger partial charge is 0.414 e. The molecule has 4 aliphatic rings. The highest BCUT2D eigenvalue weighted by Gasteiger charge is 2.63. The zero-order chi connectivity index (χ0) is 26.8. The molecule has 1 unspecified atom stereocenters. The Labute approximate surface area is 219 Å². The molecule has 0 saturated heterocycles. The summed E-state index contributed by atoms with van der Waals surface area (Å²) in [4.78, 5) is 12.8. The first-order valence-electron chi connectivity index (χ1n) is 14.3. The molecule has 0 bridgehead atoms. The predicted molar refractivity (Wildman–Crippen MR) is 137 cm³/mol. The third-order valence-corrected chi connectivity index (χ3v) is 11.8. The first-order chi connectivity index (χ1) is 17.3. The van der Waals surface area contributed by atoms with E-state index >= 15 is 0 Å². The van der Waals surface area contributed by atoms with Crippen LogP contribution >= 0.6 is 0 Å². The molecule has 4 aliphatic carbocycles. The monoisotopic (exact) mass is 520 g/mol. The number of esters is 1. The van der Waals surface area contributed by atoms with Gasteiger partial charge in [-0.05, 0) is 123 Å². The number of carbonyl (C=O) groups excluding carboxylic acids is 1. The molecule has 4 saturated carbocycles. The maximum Gasteiger partial charge on any atom is 0.414 e. The van der Waals surface area contributed by atoms with Gasteiger partial charge in [-0.3, -0.25) is 0 Å². The molecule has 1 aromatic rings. The number of hydrogen-bond donors (Lipinski definition) is 1. The molecule has 5 rings (SSSR count). The van der Waals surface area contributed by atoms with Crippen LogP contribution in [0.2, 0.25) is 0 Å². The molecule has 37 heavy (non-hydrogen) atoms. The molecule has 1 N–H and O–H groups in total. The molecule has 0 heterocycles. The Morgan fingerprint density at radius 3 is 2.30 bits per heavy atom. The Hall–Kier alpha value is -1.56. The van der Waals surface area contributed by atoms with Crippen LogP contribution in [0, 0.1) is 46.3 Å². The van der Waals surface area contributed by atoms with E-state index in [0.717, 1.165) is 57.8 Å². The molecule has 206 valence electrons. The number of benzene rings is 1. The maximum absolute atomic E-state index is 13.4. The first-order valence-corrected chi connectivity index (χ1v) is 14.3. The normalized spacial score (nSPS) is 43.2. The van der Waals surface area contributed by atoms with Gasteiger partial charge >= 0.3 is 12.1 Å². The summed E-state index contributed by atoms with van der Waals surface area (Å²) in [6.07, 6.45) is 1.90. The lowest BCUT2D eigenvalue weighted by Gasteiger charge is -2.62. The number of ether oxygens (including phenoxy) is 1. The molecule has 0 radical (unpaired) electrons. The number of aliphatic hydroxyl groups excluding tert-OH is 1. The minimum absolute atomic E-state index is 0.0901. The predicted octanol–water partition coefficient (Wildman–Crippen LogP) is 7.82. The van der Waals surface area contributed by atoms with Gasteiger partial charge in [0.25, 0.3) is 0 Å². The minimum atomic E-state index is -4.56. The van der Waals surface area contributed by atoms with Crippen LogP contribution in [0.15, 0.2) is 30.3 Å². The topological polar surface area (TPSA) is 46.5 Å². The molecule has 0 spiro atoms. The second-order valence-electron chi connectivity index (χ2n) is 13.6. The van der Waals surface area contributed by atoms with Gasteiger partial charge in [-0.2, -0.15) is 13.2 Å². The maximum atomic E-state index is 13.4. The quantitative estimate of drug-likeness (QED) is 0.412. The summed E-state index contributed by atoms with van der Waals surface area (Å²) in [5, 5.41) is 10.1. The van der Waals surface area contributed by atoms with Crippen molar-refractivity contribution >= 4 is 5.97 Å². The van der Waals surface area contributed by atoms with Crippen molar-refractivity contribution in [3.05, 3.63) is 35.9 Å². The van der Waals surface area contributed by atoms with E-state index in [0.29, 0.717) is 29.2 Å². The molecule has 4 fully saturated rings. The van der Waals surface area contributed by atoms with Crippen LogP contribution in [0.25, 0.3) is 0 Å². The van der Waals surface area contributed by atoms with Gasteiger partial charge in [-0.15, -0.1) is 0 Å². The summed E-state index contributed by atoms with van der Waals surface area (Å²) in [6, 6.07) is 9.20. The third kappa shape index (κ3) is 4.53.